The Bertz CT molecular complexity index is 250. The minimum absolute atomic E-state index is 0.0291. The van der Waals surface area contributed by atoms with Gasteiger partial charge in [-0.25, -0.2) is 0 Å². The number of aliphatic hydroxyl groups excluding tert-OH is 1. The molecule has 1 aliphatic rings. The summed E-state index contributed by atoms with van der Waals surface area (Å²) in [6, 6.07) is -0.0291. The Kier molecular flexibility index (Phi) is 5.20. The van der Waals surface area contributed by atoms with Crippen molar-refractivity contribution in [3.63, 3.8) is 0 Å². The molecule has 0 radical (unpaired) electrons. The van der Waals surface area contributed by atoms with Crippen molar-refractivity contribution in [3.05, 3.63) is 0 Å². The zero-order valence-electron chi connectivity index (χ0n) is 9.39. The van der Waals surface area contributed by atoms with E-state index in [0.717, 1.165) is 0 Å². The Labute approximate surface area is 97.6 Å². The summed E-state index contributed by atoms with van der Waals surface area (Å²) in [5.41, 5.74) is 0. The molecule has 0 unspecified atom stereocenters. The van der Waals surface area contributed by atoms with Gasteiger partial charge in [-0.15, -0.1) is 0 Å². The summed E-state index contributed by atoms with van der Waals surface area (Å²) in [7, 11) is 0. The Morgan fingerprint density at radius 2 is 1.82 bits per heavy atom. The van der Waals surface area contributed by atoms with Crippen LogP contribution in [0, 0.1) is 0 Å². The van der Waals surface area contributed by atoms with Gasteiger partial charge in [0, 0.05) is 6.04 Å². The highest BCUT2D eigenvalue weighted by Crippen LogP contribution is 2.18. The van der Waals surface area contributed by atoms with Gasteiger partial charge in [0.05, 0.1) is 19.2 Å². The SMILES string of the molecule is O=C(CNCC(F)(F)F)NC1CCC(O)CC1. The van der Waals surface area contributed by atoms with Gasteiger partial charge in [0.15, 0.2) is 0 Å². The van der Waals surface area contributed by atoms with Crippen molar-refractivity contribution < 1.29 is 23.1 Å². The number of nitrogens with one attached hydrogen (secondary N) is 2. The maximum Gasteiger partial charge on any atom is 0.401 e. The molecule has 1 amide bonds. The van der Waals surface area contributed by atoms with Crippen molar-refractivity contribution in [2.45, 2.75) is 44.0 Å². The molecule has 1 aliphatic carbocycles. The van der Waals surface area contributed by atoms with Crippen LogP contribution in [0.4, 0.5) is 13.2 Å². The minimum atomic E-state index is -4.30. The van der Waals surface area contributed by atoms with Gasteiger partial charge in [-0.2, -0.15) is 13.2 Å². The van der Waals surface area contributed by atoms with Crippen molar-refractivity contribution in [1.29, 1.82) is 0 Å². The van der Waals surface area contributed by atoms with Crippen LogP contribution >= 0.6 is 0 Å². The van der Waals surface area contributed by atoms with E-state index in [9.17, 15) is 23.1 Å². The molecule has 0 atom stereocenters. The smallest absolute Gasteiger partial charge is 0.393 e. The van der Waals surface area contributed by atoms with E-state index in [0.29, 0.717) is 25.7 Å². The molecule has 0 aromatic carbocycles. The second-order valence-corrected chi connectivity index (χ2v) is 4.29. The van der Waals surface area contributed by atoms with E-state index in [-0.39, 0.29) is 18.7 Å². The van der Waals surface area contributed by atoms with Crippen LogP contribution in [0.3, 0.4) is 0 Å². The highest BCUT2D eigenvalue weighted by atomic mass is 19.4. The predicted octanol–water partition coefficient (Wildman–Crippen LogP) is 0.558. The zero-order chi connectivity index (χ0) is 12.9. The molecule has 0 aromatic rings. The van der Waals surface area contributed by atoms with Crippen LogP contribution in [0.15, 0.2) is 0 Å². The fourth-order valence-corrected chi connectivity index (χ4v) is 1.82. The third-order valence-electron chi connectivity index (χ3n) is 2.67. The number of carbonyl (C=O) groups excluding carboxylic acids is 1. The minimum Gasteiger partial charge on any atom is -0.393 e. The van der Waals surface area contributed by atoms with Gasteiger partial charge >= 0.3 is 6.18 Å². The van der Waals surface area contributed by atoms with E-state index in [2.05, 4.69) is 5.32 Å². The summed E-state index contributed by atoms with van der Waals surface area (Å²) >= 11 is 0. The van der Waals surface area contributed by atoms with Crippen LogP contribution in [0.1, 0.15) is 25.7 Å². The first kappa shape index (κ1) is 14.2. The average Bonchev–Trinajstić information content (AvgIpc) is 2.19. The summed E-state index contributed by atoms with van der Waals surface area (Å²) in [5, 5.41) is 13.9. The Morgan fingerprint density at radius 3 is 2.35 bits per heavy atom. The summed E-state index contributed by atoms with van der Waals surface area (Å²) in [4.78, 5) is 11.3. The number of hydrogen-bond acceptors (Lipinski definition) is 3. The maximum atomic E-state index is 11.8. The lowest BCUT2D eigenvalue weighted by atomic mass is 9.93. The van der Waals surface area contributed by atoms with Crippen molar-refractivity contribution in [2.24, 2.45) is 0 Å². The Balaban J connectivity index is 2.13. The third kappa shape index (κ3) is 6.48. The fraction of sp³-hybridized carbons (Fsp3) is 0.900. The van der Waals surface area contributed by atoms with Crippen LogP contribution in [0.2, 0.25) is 0 Å². The first-order chi connectivity index (χ1) is 7.87. The molecule has 1 fully saturated rings. The monoisotopic (exact) mass is 254 g/mol. The topological polar surface area (TPSA) is 61.4 Å². The van der Waals surface area contributed by atoms with Crippen molar-refractivity contribution in [2.75, 3.05) is 13.1 Å². The molecule has 3 N–H and O–H groups in total. The molecule has 4 nitrogen and oxygen atoms in total. The molecule has 0 heterocycles. The van der Waals surface area contributed by atoms with Crippen molar-refractivity contribution >= 4 is 5.91 Å². The first-order valence-electron chi connectivity index (χ1n) is 5.62. The molecule has 7 heteroatoms. The average molecular weight is 254 g/mol. The van der Waals surface area contributed by atoms with Gasteiger partial charge in [-0.05, 0) is 25.7 Å². The number of halogens is 3. The van der Waals surface area contributed by atoms with Crippen molar-refractivity contribution in [3.8, 4) is 0 Å². The van der Waals surface area contributed by atoms with Crippen LogP contribution < -0.4 is 10.6 Å². The molecule has 0 aromatic heterocycles. The van der Waals surface area contributed by atoms with Gasteiger partial charge in [-0.1, -0.05) is 0 Å². The molecule has 0 aliphatic heterocycles. The van der Waals surface area contributed by atoms with E-state index in [1.54, 1.807) is 0 Å². The van der Waals surface area contributed by atoms with Gasteiger partial charge in [-0.3, -0.25) is 4.79 Å². The maximum absolute atomic E-state index is 11.8. The molecule has 1 rings (SSSR count). The van der Waals surface area contributed by atoms with Crippen molar-refractivity contribution in [1.82, 2.24) is 10.6 Å². The van der Waals surface area contributed by atoms with E-state index < -0.39 is 18.6 Å². The van der Waals surface area contributed by atoms with Crippen LogP contribution in [0.5, 0.6) is 0 Å². The number of alkyl halides is 3. The normalized spacial score (nSPS) is 25.6. The zero-order valence-corrected chi connectivity index (χ0v) is 9.39. The van der Waals surface area contributed by atoms with Gasteiger partial charge in [0.2, 0.25) is 5.91 Å². The van der Waals surface area contributed by atoms with Gasteiger partial charge in [0.25, 0.3) is 0 Å². The number of aliphatic hydroxyl groups is 1. The molecule has 0 saturated heterocycles. The first-order valence-corrected chi connectivity index (χ1v) is 5.62. The highest BCUT2D eigenvalue weighted by molar-refractivity contribution is 5.78. The quantitative estimate of drug-likeness (QED) is 0.687. The lowest BCUT2D eigenvalue weighted by molar-refractivity contribution is -0.128. The molecule has 17 heavy (non-hydrogen) atoms. The summed E-state index contributed by atoms with van der Waals surface area (Å²) in [6.45, 7) is -1.50. The third-order valence-corrected chi connectivity index (χ3v) is 2.67. The number of rotatable bonds is 4. The summed E-state index contributed by atoms with van der Waals surface area (Å²) in [5.74, 6) is -0.435. The molecule has 100 valence electrons. The Hall–Kier alpha value is -0.820. The van der Waals surface area contributed by atoms with Crippen LogP contribution in [-0.4, -0.2) is 42.4 Å². The summed E-state index contributed by atoms with van der Waals surface area (Å²) in [6.07, 6.45) is -2.01. The molecule has 0 spiro atoms. The lowest BCUT2D eigenvalue weighted by Gasteiger charge is -2.26. The van der Waals surface area contributed by atoms with E-state index >= 15 is 0 Å². The van der Waals surface area contributed by atoms with E-state index in [1.807, 2.05) is 5.32 Å². The van der Waals surface area contributed by atoms with Gasteiger partial charge < -0.3 is 15.7 Å². The summed E-state index contributed by atoms with van der Waals surface area (Å²) < 4.78 is 35.4. The number of amides is 1. The van der Waals surface area contributed by atoms with Crippen LogP contribution in [0.25, 0.3) is 0 Å². The lowest BCUT2D eigenvalue weighted by Crippen LogP contribution is -2.44. The second kappa shape index (κ2) is 6.20. The number of carbonyl (C=O) groups is 1. The Morgan fingerprint density at radius 1 is 1.24 bits per heavy atom. The standard InChI is InChI=1S/C10H17F3N2O2/c11-10(12,13)6-14-5-9(17)15-7-1-3-8(16)4-2-7/h7-8,14,16H,1-6H2,(H,15,17). The predicted molar refractivity (Wildman–Crippen MR) is 55.3 cm³/mol. The largest absolute Gasteiger partial charge is 0.401 e. The number of hydrogen-bond donors (Lipinski definition) is 3. The molecular weight excluding hydrogens is 237 g/mol. The van der Waals surface area contributed by atoms with E-state index in [4.69, 9.17) is 0 Å². The molecular formula is C10H17F3N2O2. The highest BCUT2D eigenvalue weighted by Gasteiger charge is 2.27. The molecule has 1 saturated carbocycles. The van der Waals surface area contributed by atoms with Crippen LogP contribution in [-0.2, 0) is 4.79 Å². The van der Waals surface area contributed by atoms with Gasteiger partial charge in [0.1, 0.15) is 0 Å². The van der Waals surface area contributed by atoms with E-state index in [1.165, 1.54) is 0 Å². The second-order valence-electron chi connectivity index (χ2n) is 4.29. The fourth-order valence-electron chi connectivity index (χ4n) is 1.82. The molecule has 0 bridgehead atoms.